The zero-order valence-corrected chi connectivity index (χ0v) is 14.6. The summed E-state index contributed by atoms with van der Waals surface area (Å²) < 4.78 is 32.1. The van der Waals surface area contributed by atoms with Crippen molar-refractivity contribution in [2.45, 2.75) is 4.90 Å². The Hall–Kier alpha value is -2.16. The third kappa shape index (κ3) is 4.47. The molecule has 1 amide bonds. The van der Waals surface area contributed by atoms with Crippen LogP contribution in [0.25, 0.3) is 0 Å². The smallest absolute Gasteiger partial charge is 0.289 e. The van der Waals surface area contributed by atoms with E-state index in [0.717, 1.165) is 0 Å². The van der Waals surface area contributed by atoms with E-state index in [1.165, 1.54) is 6.26 Å². The summed E-state index contributed by atoms with van der Waals surface area (Å²) in [5.41, 5.74) is 0. The average molecular weight is 363 g/mol. The van der Waals surface area contributed by atoms with Crippen LogP contribution in [-0.2, 0) is 10.0 Å². The van der Waals surface area contributed by atoms with Gasteiger partial charge >= 0.3 is 0 Å². The molecule has 1 fully saturated rings. The van der Waals surface area contributed by atoms with Gasteiger partial charge in [0.1, 0.15) is 0 Å². The van der Waals surface area contributed by atoms with Crippen LogP contribution in [0.2, 0.25) is 0 Å². The zero-order valence-electron chi connectivity index (χ0n) is 13.8. The molecule has 0 spiro atoms. The quantitative estimate of drug-likeness (QED) is 0.828. The summed E-state index contributed by atoms with van der Waals surface area (Å²) in [4.78, 5) is 16.4. The van der Waals surface area contributed by atoms with Gasteiger partial charge < -0.3 is 9.32 Å². The molecule has 2 heterocycles. The van der Waals surface area contributed by atoms with Crippen LogP contribution in [0.1, 0.15) is 10.6 Å². The number of sulfonamides is 1. The average Bonchev–Trinajstić information content (AvgIpc) is 3.17. The molecule has 0 atom stereocenters. The molecule has 0 saturated carbocycles. The Morgan fingerprint density at radius 3 is 2.40 bits per heavy atom. The SMILES string of the molecule is O=C(c1ccco1)N1CCN(CCNS(=O)(=O)c2ccccc2)CC1. The molecule has 0 aliphatic carbocycles. The third-order valence-electron chi connectivity index (χ3n) is 4.17. The monoisotopic (exact) mass is 363 g/mol. The van der Waals surface area contributed by atoms with Gasteiger partial charge in [0.15, 0.2) is 5.76 Å². The van der Waals surface area contributed by atoms with Crippen molar-refractivity contribution >= 4 is 15.9 Å². The Balaban J connectivity index is 1.43. The van der Waals surface area contributed by atoms with Crippen LogP contribution in [0.4, 0.5) is 0 Å². The molecular weight excluding hydrogens is 342 g/mol. The van der Waals surface area contributed by atoms with E-state index >= 15 is 0 Å². The summed E-state index contributed by atoms with van der Waals surface area (Å²) in [5.74, 6) is 0.249. The van der Waals surface area contributed by atoms with Gasteiger partial charge in [0.2, 0.25) is 10.0 Å². The predicted octanol–water partition coefficient (Wildman–Crippen LogP) is 1.02. The van der Waals surface area contributed by atoms with Crippen molar-refractivity contribution in [3.63, 3.8) is 0 Å². The van der Waals surface area contributed by atoms with Gasteiger partial charge in [-0.05, 0) is 24.3 Å². The first-order valence-electron chi connectivity index (χ1n) is 8.16. The number of hydrogen-bond donors (Lipinski definition) is 1. The normalized spacial score (nSPS) is 16.1. The lowest BCUT2D eigenvalue weighted by atomic mass is 10.3. The number of piperazine rings is 1. The molecule has 1 aliphatic heterocycles. The minimum Gasteiger partial charge on any atom is -0.459 e. The summed E-state index contributed by atoms with van der Waals surface area (Å²) in [5, 5.41) is 0. The highest BCUT2D eigenvalue weighted by molar-refractivity contribution is 7.89. The Bertz CT molecular complexity index is 783. The van der Waals surface area contributed by atoms with Crippen LogP contribution < -0.4 is 4.72 Å². The summed E-state index contributed by atoms with van der Waals surface area (Å²) in [6, 6.07) is 11.7. The van der Waals surface area contributed by atoms with Gasteiger partial charge in [0.25, 0.3) is 5.91 Å². The number of carbonyl (C=O) groups is 1. The molecule has 1 aliphatic rings. The van der Waals surface area contributed by atoms with Crippen molar-refractivity contribution in [1.29, 1.82) is 0 Å². The lowest BCUT2D eigenvalue weighted by Gasteiger charge is -2.34. The van der Waals surface area contributed by atoms with Gasteiger partial charge in [-0.1, -0.05) is 18.2 Å². The maximum Gasteiger partial charge on any atom is 0.289 e. The molecule has 1 saturated heterocycles. The second kappa shape index (κ2) is 7.81. The second-order valence-corrected chi connectivity index (χ2v) is 7.59. The Labute approximate surface area is 147 Å². The minimum absolute atomic E-state index is 0.102. The van der Waals surface area contributed by atoms with Crippen molar-refractivity contribution < 1.29 is 17.6 Å². The molecule has 134 valence electrons. The summed E-state index contributed by atoms with van der Waals surface area (Å²) in [7, 11) is -3.47. The molecule has 1 aromatic heterocycles. The fourth-order valence-electron chi connectivity index (χ4n) is 2.75. The molecule has 0 radical (unpaired) electrons. The van der Waals surface area contributed by atoms with Crippen LogP contribution in [0, 0.1) is 0 Å². The number of benzene rings is 1. The number of nitrogens with one attached hydrogen (secondary N) is 1. The summed E-state index contributed by atoms with van der Waals surface area (Å²) in [6.45, 7) is 3.56. The molecule has 1 aromatic carbocycles. The highest BCUT2D eigenvalue weighted by atomic mass is 32.2. The lowest BCUT2D eigenvalue weighted by Crippen LogP contribution is -2.50. The van der Waals surface area contributed by atoms with Crippen molar-refractivity contribution in [3.8, 4) is 0 Å². The van der Waals surface area contributed by atoms with E-state index in [4.69, 9.17) is 4.42 Å². The molecule has 8 heteroatoms. The molecule has 1 N–H and O–H groups in total. The number of amides is 1. The number of hydrogen-bond acceptors (Lipinski definition) is 5. The van der Waals surface area contributed by atoms with Crippen LogP contribution in [-0.4, -0.2) is 63.4 Å². The lowest BCUT2D eigenvalue weighted by molar-refractivity contribution is 0.0609. The van der Waals surface area contributed by atoms with Gasteiger partial charge in [-0.3, -0.25) is 9.69 Å². The van der Waals surface area contributed by atoms with E-state index in [-0.39, 0.29) is 10.8 Å². The van der Waals surface area contributed by atoms with E-state index < -0.39 is 10.0 Å². The van der Waals surface area contributed by atoms with Crippen molar-refractivity contribution in [1.82, 2.24) is 14.5 Å². The highest BCUT2D eigenvalue weighted by Gasteiger charge is 2.23. The molecule has 0 unspecified atom stereocenters. The molecule has 3 rings (SSSR count). The van der Waals surface area contributed by atoms with Crippen LogP contribution in [0.3, 0.4) is 0 Å². The minimum atomic E-state index is -3.47. The van der Waals surface area contributed by atoms with E-state index in [0.29, 0.717) is 45.0 Å². The topological polar surface area (TPSA) is 82.9 Å². The van der Waals surface area contributed by atoms with Crippen LogP contribution >= 0.6 is 0 Å². The second-order valence-electron chi connectivity index (χ2n) is 5.82. The van der Waals surface area contributed by atoms with Crippen LogP contribution in [0.5, 0.6) is 0 Å². The molecular formula is C17H21N3O4S. The Morgan fingerprint density at radius 2 is 1.76 bits per heavy atom. The number of nitrogens with zero attached hydrogens (tertiary/aromatic N) is 2. The Morgan fingerprint density at radius 1 is 1.04 bits per heavy atom. The first-order chi connectivity index (χ1) is 12.1. The van der Waals surface area contributed by atoms with Gasteiger partial charge in [0, 0.05) is 39.3 Å². The van der Waals surface area contributed by atoms with E-state index in [9.17, 15) is 13.2 Å². The van der Waals surface area contributed by atoms with Gasteiger partial charge in [-0.15, -0.1) is 0 Å². The number of furan rings is 1. The zero-order chi connectivity index (χ0) is 17.7. The molecule has 0 bridgehead atoms. The van der Waals surface area contributed by atoms with Crippen LogP contribution in [0.15, 0.2) is 58.0 Å². The summed E-state index contributed by atoms with van der Waals surface area (Å²) >= 11 is 0. The van der Waals surface area contributed by atoms with Crippen molar-refractivity contribution in [2.75, 3.05) is 39.3 Å². The first kappa shape index (κ1) is 17.7. The maximum atomic E-state index is 12.2. The van der Waals surface area contributed by atoms with E-state index in [2.05, 4.69) is 9.62 Å². The molecule has 7 nitrogen and oxygen atoms in total. The predicted molar refractivity (Wildman–Crippen MR) is 92.7 cm³/mol. The fourth-order valence-corrected chi connectivity index (χ4v) is 3.79. The van der Waals surface area contributed by atoms with Gasteiger partial charge in [-0.2, -0.15) is 0 Å². The molecule has 2 aromatic rings. The van der Waals surface area contributed by atoms with E-state index in [1.54, 1.807) is 47.4 Å². The van der Waals surface area contributed by atoms with E-state index in [1.807, 2.05) is 0 Å². The van der Waals surface area contributed by atoms with Gasteiger partial charge in [0.05, 0.1) is 11.2 Å². The number of carbonyl (C=O) groups excluding carboxylic acids is 1. The largest absolute Gasteiger partial charge is 0.459 e. The third-order valence-corrected chi connectivity index (χ3v) is 5.64. The highest BCUT2D eigenvalue weighted by Crippen LogP contribution is 2.10. The van der Waals surface area contributed by atoms with Crippen molar-refractivity contribution in [3.05, 3.63) is 54.5 Å². The van der Waals surface area contributed by atoms with Gasteiger partial charge in [-0.25, -0.2) is 13.1 Å². The molecule has 25 heavy (non-hydrogen) atoms. The Kier molecular flexibility index (Phi) is 5.52. The first-order valence-corrected chi connectivity index (χ1v) is 9.64. The standard InChI is InChI=1S/C17H21N3O4S/c21-17(16-7-4-14-24-16)20-12-10-19(11-13-20)9-8-18-25(22,23)15-5-2-1-3-6-15/h1-7,14,18H,8-13H2. The summed E-state index contributed by atoms with van der Waals surface area (Å²) in [6.07, 6.45) is 1.49. The number of rotatable bonds is 6. The maximum absolute atomic E-state index is 12.2. The fraction of sp³-hybridized carbons (Fsp3) is 0.353. The van der Waals surface area contributed by atoms with Crippen molar-refractivity contribution in [2.24, 2.45) is 0 Å².